The third kappa shape index (κ3) is 15.1. The van der Waals surface area contributed by atoms with E-state index in [2.05, 4.69) is 62.4 Å². The van der Waals surface area contributed by atoms with Gasteiger partial charge in [0, 0.05) is 11.0 Å². The van der Waals surface area contributed by atoms with Gasteiger partial charge in [-0.3, -0.25) is 0 Å². The summed E-state index contributed by atoms with van der Waals surface area (Å²) in [4.78, 5) is 0. The van der Waals surface area contributed by atoms with Crippen molar-refractivity contribution < 1.29 is 30.0 Å². The molecule has 0 aromatic heterocycles. The first-order valence-electron chi connectivity index (χ1n) is 6.46. The molecular weight excluding hydrogens is 328 g/mol. The summed E-state index contributed by atoms with van der Waals surface area (Å²) in [5, 5.41) is 0. The molecule has 0 spiro atoms. The van der Waals surface area contributed by atoms with Crippen molar-refractivity contribution in [1.82, 2.24) is 0 Å². The van der Waals surface area contributed by atoms with Crippen molar-refractivity contribution in [1.29, 1.82) is 0 Å². The quantitative estimate of drug-likeness (QED) is 0.381. The van der Waals surface area contributed by atoms with Crippen LogP contribution in [0.2, 0.25) is 0 Å². The van der Waals surface area contributed by atoms with Crippen LogP contribution in [0.1, 0.15) is 25.0 Å². The van der Waals surface area contributed by atoms with Crippen LogP contribution in [0.3, 0.4) is 0 Å². The maximum Gasteiger partial charge on any atom is 3.00 e. The monoisotopic (exact) mass is 349 g/mol. The molecule has 5 heteroatoms. The summed E-state index contributed by atoms with van der Waals surface area (Å²) in [7, 11) is -2.86. The molecule has 1 N–H and O–H groups in total. The third-order valence-electron chi connectivity index (χ3n) is 2.50. The fraction of sp³-hybridized carbons (Fsp3) is 0.250. The Hall–Kier alpha value is -1.13. The predicted octanol–water partition coefficient (Wildman–Crippen LogP) is 4.26. The van der Waals surface area contributed by atoms with Crippen LogP contribution in [0, 0.1) is 0 Å². The molecule has 0 unspecified atom stereocenters. The molecular formula is C16H21FeO3S+2. The Kier molecular flexibility index (Phi) is 16.1. The van der Waals surface area contributed by atoms with Crippen LogP contribution in [-0.2, 0) is 49.3 Å². The number of rotatable bonds is 2. The van der Waals surface area contributed by atoms with E-state index in [4.69, 9.17) is 13.0 Å². The van der Waals surface area contributed by atoms with Gasteiger partial charge in [-0.15, -0.1) is 0 Å². The van der Waals surface area contributed by atoms with E-state index in [0.717, 1.165) is 12.8 Å². The second kappa shape index (κ2) is 15.3. The Labute approximate surface area is 139 Å². The van der Waals surface area contributed by atoms with Gasteiger partial charge in [0.25, 0.3) is 0 Å². The van der Waals surface area contributed by atoms with E-state index in [1.54, 1.807) is 0 Å². The molecule has 1 radical (unpaired) electrons. The van der Waals surface area contributed by atoms with Crippen molar-refractivity contribution in [2.24, 2.45) is 0 Å². The zero-order chi connectivity index (χ0) is 15.2. The Balaban J connectivity index is 0. The number of hydrogen-bond donors (Lipinski definition) is 1. The smallest absolute Gasteiger partial charge is 0.439 e. The van der Waals surface area contributed by atoms with Gasteiger partial charge in [-0.2, -0.15) is 0 Å². The molecule has 0 saturated heterocycles. The van der Waals surface area contributed by atoms with Gasteiger partial charge in [0.05, 0.1) is 0 Å². The topological polar surface area (TPSA) is 54.4 Å². The van der Waals surface area contributed by atoms with E-state index in [0.29, 0.717) is 0 Å². The van der Waals surface area contributed by atoms with Gasteiger partial charge in [0.2, 0.25) is 0 Å². The standard InChI is InChI=1S/2C8H10.Fe.HO3S/c2*1-2-8-6-4-3-5-7-8;;1-4(2)3/h2*3-7H,2H2,1H3;;(H,1,2,3)/q;;+3;-1. The summed E-state index contributed by atoms with van der Waals surface area (Å²) in [5.41, 5.74) is 2.82. The van der Waals surface area contributed by atoms with Gasteiger partial charge in [-0.05, 0) is 24.0 Å². The zero-order valence-electron chi connectivity index (χ0n) is 12.2. The minimum atomic E-state index is -2.86. The van der Waals surface area contributed by atoms with Gasteiger partial charge < -0.3 is 13.0 Å². The molecule has 21 heavy (non-hydrogen) atoms. The second-order valence-corrected chi connectivity index (χ2v) is 4.33. The summed E-state index contributed by atoms with van der Waals surface area (Å²) < 4.78 is 24.1. The van der Waals surface area contributed by atoms with Gasteiger partial charge in [-0.1, -0.05) is 74.5 Å². The number of benzene rings is 2. The number of hydrogen-bond acceptors (Lipinski definition) is 3. The van der Waals surface area contributed by atoms with Crippen LogP contribution in [0.25, 0.3) is 0 Å². The molecule has 2 aromatic rings. The average molecular weight is 349 g/mol. The molecule has 0 saturated carbocycles. The molecule has 0 bridgehead atoms. The molecule has 3 nitrogen and oxygen atoms in total. The largest absolute Gasteiger partial charge is 3.00 e. The fourth-order valence-corrected chi connectivity index (χ4v) is 1.43. The molecule has 0 heterocycles. The van der Waals surface area contributed by atoms with Gasteiger partial charge in [-0.25, -0.2) is 0 Å². The minimum Gasteiger partial charge on any atom is -0.439 e. The van der Waals surface area contributed by atoms with Gasteiger partial charge in [0.1, 0.15) is 0 Å². The molecule has 2 rings (SSSR count). The van der Waals surface area contributed by atoms with Crippen molar-refractivity contribution in [3.63, 3.8) is 0 Å². The second-order valence-electron chi connectivity index (χ2n) is 3.90. The van der Waals surface area contributed by atoms with Gasteiger partial charge >= 0.3 is 17.1 Å². The van der Waals surface area contributed by atoms with E-state index in [1.165, 1.54) is 11.1 Å². The minimum absolute atomic E-state index is 0. The predicted molar refractivity (Wildman–Crippen MR) is 83.0 cm³/mol. The molecule has 0 amide bonds. The first-order valence-corrected chi connectivity index (χ1v) is 7.49. The van der Waals surface area contributed by atoms with Crippen molar-refractivity contribution in [3.05, 3.63) is 71.8 Å². The molecule has 0 fully saturated rings. The summed E-state index contributed by atoms with van der Waals surface area (Å²) in [6.07, 6.45) is 2.28. The maximum absolute atomic E-state index is 8.56. The van der Waals surface area contributed by atoms with Crippen LogP contribution >= 0.6 is 0 Å². The van der Waals surface area contributed by atoms with Gasteiger partial charge in [0.15, 0.2) is 0 Å². The third-order valence-corrected chi connectivity index (χ3v) is 2.50. The Bertz CT molecular complexity index is 466. The first-order chi connectivity index (χ1) is 9.60. The molecule has 115 valence electrons. The maximum atomic E-state index is 8.56. The summed E-state index contributed by atoms with van der Waals surface area (Å²) in [5.74, 6) is 0. The first kappa shape index (κ1) is 22.2. The van der Waals surface area contributed by atoms with Crippen molar-refractivity contribution in [2.45, 2.75) is 26.7 Å². The molecule has 0 aliphatic carbocycles. The molecule has 0 aliphatic heterocycles. The average Bonchev–Trinajstić information content (AvgIpc) is 2.49. The fourth-order valence-electron chi connectivity index (χ4n) is 1.43. The van der Waals surface area contributed by atoms with E-state index in [1.807, 2.05) is 12.1 Å². The summed E-state index contributed by atoms with van der Waals surface area (Å²) >= 11 is 0. The SMILES string of the molecule is CCc1ccccc1.CCc1ccccc1.O=[S-](=O)O.[Fe+3]. The Morgan fingerprint density at radius 3 is 1.14 bits per heavy atom. The van der Waals surface area contributed by atoms with Crippen LogP contribution in [0.5, 0.6) is 0 Å². The Morgan fingerprint density at radius 2 is 1.00 bits per heavy atom. The molecule has 0 atom stereocenters. The molecule has 0 aliphatic rings. The van der Waals surface area contributed by atoms with Crippen molar-refractivity contribution in [2.75, 3.05) is 0 Å². The number of aryl methyl sites for hydroxylation is 2. The van der Waals surface area contributed by atoms with Crippen molar-refractivity contribution >= 4 is 11.0 Å². The Morgan fingerprint density at radius 1 is 0.762 bits per heavy atom. The van der Waals surface area contributed by atoms with Crippen LogP contribution in [0.15, 0.2) is 60.7 Å². The van der Waals surface area contributed by atoms with Crippen molar-refractivity contribution in [3.8, 4) is 0 Å². The normalized spacial score (nSPS) is 8.57. The van der Waals surface area contributed by atoms with E-state index in [-0.39, 0.29) is 17.1 Å². The summed E-state index contributed by atoms with van der Waals surface area (Å²) in [6.45, 7) is 4.32. The van der Waals surface area contributed by atoms with E-state index >= 15 is 0 Å². The summed E-state index contributed by atoms with van der Waals surface area (Å²) in [6, 6.07) is 20.9. The zero-order valence-corrected chi connectivity index (χ0v) is 14.1. The molecule has 2 aromatic carbocycles. The van der Waals surface area contributed by atoms with Crippen LogP contribution in [-0.4, -0.2) is 4.55 Å². The van der Waals surface area contributed by atoms with E-state index in [9.17, 15) is 0 Å². The van der Waals surface area contributed by atoms with E-state index < -0.39 is 11.0 Å². The van der Waals surface area contributed by atoms with Crippen LogP contribution < -0.4 is 0 Å². The van der Waals surface area contributed by atoms with Crippen LogP contribution in [0.4, 0.5) is 0 Å².